The van der Waals surface area contributed by atoms with Crippen LogP contribution in [0.3, 0.4) is 0 Å². The molecule has 118 valence electrons. The molecule has 21 heavy (non-hydrogen) atoms. The second-order valence-corrected chi connectivity index (χ2v) is 7.02. The van der Waals surface area contributed by atoms with Gasteiger partial charge in [0, 0.05) is 5.54 Å². The van der Waals surface area contributed by atoms with Crippen LogP contribution in [0.1, 0.15) is 56.7 Å². The molecule has 0 radical (unpaired) electrons. The number of benzene rings is 1. The Morgan fingerprint density at radius 2 is 2.14 bits per heavy atom. The van der Waals surface area contributed by atoms with Gasteiger partial charge in [0.05, 0.1) is 6.04 Å². The zero-order valence-corrected chi connectivity index (χ0v) is 14.4. The van der Waals surface area contributed by atoms with E-state index in [2.05, 4.69) is 69.5 Å². The van der Waals surface area contributed by atoms with Crippen molar-refractivity contribution in [2.45, 2.75) is 57.5 Å². The van der Waals surface area contributed by atoms with Gasteiger partial charge in [-0.15, -0.1) is 0 Å². The van der Waals surface area contributed by atoms with Gasteiger partial charge in [-0.2, -0.15) is 0 Å². The van der Waals surface area contributed by atoms with Gasteiger partial charge in [0.1, 0.15) is 0 Å². The smallest absolute Gasteiger partial charge is 0.0504 e. The van der Waals surface area contributed by atoms with E-state index in [4.69, 9.17) is 0 Å². The Morgan fingerprint density at radius 1 is 1.38 bits per heavy atom. The minimum absolute atomic E-state index is 0.235. The fourth-order valence-electron chi connectivity index (χ4n) is 4.23. The van der Waals surface area contributed by atoms with Gasteiger partial charge in [-0.05, 0) is 57.5 Å². The lowest BCUT2D eigenvalue weighted by atomic mass is 9.69. The number of hydrogen-bond donors (Lipinski definition) is 1. The van der Waals surface area contributed by atoms with E-state index in [-0.39, 0.29) is 5.54 Å². The molecular weight excluding hydrogens is 256 g/mol. The van der Waals surface area contributed by atoms with Gasteiger partial charge in [-0.3, -0.25) is 0 Å². The first kappa shape index (κ1) is 16.5. The third-order valence-electron chi connectivity index (χ3n) is 5.42. The highest BCUT2D eigenvalue weighted by molar-refractivity contribution is 5.29. The standard InChI is InChI=1S/C19H32N2/c1-6-16-10-7-11-17(13-16)18(20-3)19(21(4)5)12-8-9-15(2)14-19/h7,10-11,13,15,18,20H,6,8-9,12,14H2,1-5H3. The van der Waals surface area contributed by atoms with Crippen LogP contribution in [-0.2, 0) is 6.42 Å². The third-order valence-corrected chi connectivity index (χ3v) is 5.42. The summed E-state index contributed by atoms with van der Waals surface area (Å²) in [5.41, 5.74) is 3.11. The topological polar surface area (TPSA) is 15.3 Å². The van der Waals surface area contributed by atoms with E-state index in [1.165, 1.54) is 36.8 Å². The molecule has 0 bridgehead atoms. The van der Waals surface area contributed by atoms with Crippen LogP contribution in [0.2, 0.25) is 0 Å². The molecule has 0 amide bonds. The Morgan fingerprint density at radius 3 is 2.71 bits per heavy atom. The fourth-order valence-corrected chi connectivity index (χ4v) is 4.23. The number of rotatable bonds is 5. The zero-order valence-electron chi connectivity index (χ0n) is 14.4. The maximum Gasteiger partial charge on any atom is 0.0504 e. The predicted molar refractivity (Wildman–Crippen MR) is 91.7 cm³/mol. The predicted octanol–water partition coefficient (Wildman–Crippen LogP) is 4.02. The molecule has 0 saturated heterocycles. The van der Waals surface area contributed by atoms with E-state index in [1.807, 2.05) is 0 Å². The van der Waals surface area contributed by atoms with Crippen LogP contribution in [0.4, 0.5) is 0 Å². The summed E-state index contributed by atoms with van der Waals surface area (Å²) in [6.45, 7) is 4.64. The summed E-state index contributed by atoms with van der Waals surface area (Å²) < 4.78 is 0. The normalized spacial score (nSPS) is 27.8. The highest BCUT2D eigenvalue weighted by Gasteiger charge is 2.43. The Bertz CT molecular complexity index is 455. The SMILES string of the molecule is CCc1cccc(C(NC)C2(N(C)C)CCCC(C)C2)c1. The lowest BCUT2D eigenvalue weighted by molar-refractivity contribution is 0.0393. The van der Waals surface area contributed by atoms with Crippen LogP contribution in [0, 0.1) is 5.92 Å². The number of nitrogens with zero attached hydrogens (tertiary/aromatic N) is 1. The van der Waals surface area contributed by atoms with Crippen molar-refractivity contribution in [3.63, 3.8) is 0 Å². The summed E-state index contributed by atoms with van der Waals surface area (Å²) in [4.78, 5) is 2.47. The molecule has 2 rings (SSSR count). The summed E-state index contributed by atoms with van der Waals surface area (Å²) in [6, 6.07) is 9.55. The Hall–Kier alpha value is -0.860. The third kappa shape index (κ3) is 3.32. The monoisotopic (exact) mass is 288 g/mol. The van der Waals surface area contributed by atoms with Crippen LogP contribution in [0.25, 0.3) is 0 Å². The number of nitrogens with one attached hydrogen (secondary N) is 1. The fraction of sp³-hybridized carbons (Fsp3) is 0.684. The van der Waals surface area contributed by atoms with Crippen LogP contribution in [-0.4, -0.2) is 31.6 Å². The van der Waals surface area contributed by atoms with Crippen molar-refractivity contribution in [2.75, 3.05) is 21.1 Å². The molecule has 1 aliphatic carbocycles. The molecule has 1 aromatic rings. The Kier molecular flexibility index (Phi) is 5.45. The summed E-state index contributed by atoms with van der Waals surface area (Å²) in [5.74, 6) is 0.811. The van der Waals surface area contributed by atoms with Crippen molar-refractivity contribution in [3.05, 3.63) is 35.4 Å². The highest BCUT2D eigenvalue weighted by atomic mass is 15.2. The molecular formula is C19H32N2. The zero-order chi connectivity index (χ0) is 15.5. The van der Waals surface area contributed by atoms with Crippen molar-refractivity contribution in [1.29, 1.82) is 0 Å². The highest BCUT2D eigenvalue weighted by Crippen LogP contribution is 2.44. The number of likely N-dealkylation sites (N-methyl/N-ethyl adjacent to an activating group) is 2. The van der Waals surface area contributed by atoms with Crippen molar-refractivity contribution >= 4 is 0 Å². The number of hydrogen-bond acceptors (Lipinski definition) is 2. The largest absolute Gasteiger partial charge is 0.311 e. The molecule has 2 heteroatoms. The van der Waals surface area contributed by atoms with E-state index in [0.29, 0.717) is 6.04 Å². The van der Waals surface area contributed by atoms with Gasteiger partial charge in [0.25, 0.3) is 0 Å². The van der Waals surface area contributed by atoms with E-state index < -0.39 is 0 Å². The minimum atomic E-state index is 0.235. The molecule has 1 aromatic carbocycles. The molecule has 1 N–H and O–H groups in total. The van der Waals surface area contributed by atoms with Crippen LogP contribution in [0.15, 0.2) is 24.3 Å². The molecule has 1 fully saturated rings. The molecule has 3 atom stereocenters. The van der Waals surface area contributed by atoms with Gasteiger partial charge in [-0.1, -0.05) is 51.0 Å². The molecule has 0 aliphatic heterocycles. The van der Waals surface area contributed by atoms with E-state index >= 15 is 0 Å². The van der Waals surface area contributed by atoms with Gasteiger partial charge in [-0.25, -0.2) is 0 Å². The summed E-state index contributed by atoms with van der Waals surface area (Å²) in [6.07, 6.45) is 6.38. The van der Waals surface area contributed by atoms with Crippen molar-refractivity contribution < 1.29 is 0 Å². The van der Waals surface area contributed by atoms with E-state index in [1.54, 1.807) is 0 Å². The Balaban J connectivity index is 2.39. The quantitative estimate of drug-likeness (QED) is 0.880. The van der Waals surface area contributed by atoms with Gasteiger partial charge >= 0.3 is 0 Å². The van der Waals surface area contributed by atoms with Crippen molar-refractivity contribution in [1.82, 2.24) is 10.2 Å². The second kappa shape index (κ2) is 6.93. The molecule has 0 heterocycles. The Labute approximate surface area is 130 Å². The molecule has 0 spiro atoms. The van der Waals surface area contributed by atoms with Crippen molar-refractivity contribution in [3.8, 4) is 0 Å². The molecule has 1 saturated carbocycles. The van der Waals surface area contributed by atoms with Crippen LogP contribution >= 0.6 is 0 Å². The van der Waals surface area contributed by atoms with Gasteiger partial charge in [0.15, 0.2) is 0 Å². The first-order chi connectivity index (χ1) is 10.0. The van der Waals surface area contributed by atoms with Crippen LogP contribution in [0.5, 0.6) is 0 Å². The second-order valence-electron chi connectivity index (χ2n) is 7.02. The van der Waals surface area contributed by atoms with Gasteiger partial charge in [0.2, 0.25) is 0 Å². The molecule has 3 unspecified atom stereocenters. The average molecular weight is 288 g/mol. The van der Waals surface area contributed by atoms with E-state index in [9.17, 15) is 0 Å². The maximum absolute atomic E-state index is 3.64. The van der Waals surface area contributed by atoms with Gasteiger partial charge < -0.3 is 10.2 Å². The molecule has 1 aliphatic rings. The number of aryl methyl sites for hydroxylation is 1. The first-order valence-corrected chi connectivity index (χ1v) is 8.47. The first-order valence-electron chi connectivity index (χ1n) is 8.47. The maximum atomic E-state index is 3.64. The average Bonchev–Trinajstić information content (AvgIpc) is 2.48. The summed E-state index contributed by atoms with van der Waals surface area (Å²) in [7, 11) is 6.63. The lowest BCUT2D eigenvalue weighted by Crippen LogP contribution is -2.55. The lowest BCUT2D eigenvalue weighted by Gasteiger charge is -2.50. The molecule has 2 nitrogen and oxygen atoms in total. The van der Waals surface area contributed by atoms with Crippen LogP contribution < -0.4 is 5.32 Å². The van der Waals surface area contributed by atoms with Crippen molar-refractivity contribution in [2.24, 2.45) is 5.92 Å². The van der Waals surface area contributed by atoms with E-state index in [0.717, 1.165) is 12.3 Å². The summed E-state index contributed by atoms with van der Waals surface area (Å²) in [5, 5.41) is 3.64. The molecule has 0 aromatic heterocycles. The minimum Gasteiger partial charge on any atom is -0.311 e. The summed E-state index contributed by atoms with van der Waals surface area (Å²) >= 11 is 0.